The van der Waals surface area contributed by atoms with Gasteiger partial charge in [-0.1, -0.05) is 0 Å². The van der Waals surface area contributed by atoms with E-state index in [1.165, 1.54) is 7.11 Å². The summed E-state index contributed by atoms with van der Waals surface area (Å²) in [4.78, 5) is 17.7. The number of rotatable bonds is 1. The monoisotopic (exact) mass is 186 g/mol. The summed E-state index contributed by atoms with van der Waals surface area (Å²) in [6.07, 6.45) is 1.33. The summed E-state index contributed by atoms with van der Waals surface area (Å²) in [6.45, 7) is 2.26. The Hall–Kier alpha value is -0.810. The number of hydrogen-bond donors (Lipinski definition) is 1. The molecule has 74 valence electrons. The first-order valence-corrected chi connectivity index (χ1v) is 4.49. The SMILES string of the molecule is CONC(=O)N1CC2COC(C2)C1. The third-order valence-corrected chi connectivity index (χ3v) is 2.54. The summed E-state index contributed by atoms with van der Waals surface area (Å²) in [5.41, 5.74) is 2.32. The van der Waals surface area contributed by atoms with Gasteiger partial charge in [-0.2, -0.15) is 0 Å². The van der Waals surface area contributed by atoms with E-state index < -0.39 is 0 Å². The Morgan fingerprint density at radius 1 is 1.62 bits per heavy atom. The lowest BCUT2D eigenvalue weighted by molar-refractivity contribution is 0.0629. The molecule has 0 spiro atoms. The topological polar surface area (TPSA) is 50.8 Å². The Morgan fingerprint density at radius 2 is 2.46 bits per heavy atom. The minimum atomic E-state index is -0.164. The molecule has 0 aromatic heterocycles. The number of hydroxylamine groups is 1. The second-order valence-corrected chi connectivity index (χ2v) is 3.57. The maximum Gasteiger partial charge on any atom is 0.341 e. The van der Waals surface area contributed by atoms with Crippen LogP contribution in [0.4, 0.5) is 4.79 Å². The molecule has 2 aliphatic rings. The summed E-state index contributed by atoms with van der Waals surface area (Å²) >= 11 is 0. The first kappa shape index (κ1) is 8.77. The van der Waals surface area contributed by atoms with E-state index in [0.29, 0.717) is 12.5 Å². The molecule has 1 N–H and O–H groups in total. The number of urea groups is 1. The van der Waals surface area contributed by atoms with E-state index >= 15 is 0 Å². The average molecular weight is 186 g/mol. The van der Waals surface area contributed by atoms with Crippen molar-refractivity contribution in [3.05, 3.63) is 0 Å². The normalized spacial score (nSPS) is 31.9. The number of ether oxygens (including phenoxy) is 1. The molecule has 5 nitrogen and oxygen atoms in total. The Bertz CT molecular complexity index is 198. The molecule has 2 bridgehead atoms. The fourth-order valence-electron chi connectivity index (χ4n) is 1.98. The van der Waals surface area contributed by atoms with Gasteiger partial charge >= 0.3 is 6.03 Å². The Balaban J connectivity index is 1.91. The van der Waals surface area contributed by atoms with Crippen LogP contribution in [0.15, 0.2) is 0 Å². The molecule has 2 atom stereocenters. The summed E-state index contributed by atoms with van der Waals surface area (Å²) < 4.78 is 5.47. The van der Waals surface area contributed by atoms with Crippen LogP contribution in [-0.2, 0) is 9.57 Å². The van der Waals surface area contributed by atoms with Crippen LogP contribution in [0, 0.1) is 5.92 Å². The zero-order chi connectivity index (χ0) is 9.26. The van der Waals surface area contributed by atoms with E-state index in [1.807, 2.05) is 0 Å². The van der Waals surface area contributed by atoms with Crippen LogP contribution >= 0.6 is 0 Å². The highest BCUT2D eigenvalue weighted by molar-refractivity contribution is 5.73. The maximum absolute atomic E-state index is 11.4. The van der Waals surface area contributed by atoms with Gasteiger partial charge < -0.3 is 9.64 Å². The van der Waals surface area contributed by atoms with Crippen LogP contribution in [0.3, 0.4) is 0 Å². The second kappa shape index (κ2) is 3.51. The number of fused-ring (bicyclic) bond motifs is 2. The minimum absolute atomic E-state index is 0.164. The molecular formula is C8H14N2O3. The van der Waals surface area contributed by atoms with Gasteiger partial charge in [-0.25, -0.2) is 10.3 Å². The number of amides is 2. The van der Waals surface area contributed by atoms with E-state index in [-0.39, 0.29) is 12.1 Å². The summed E-state index contributed by atoms with van der Waals surface area (Å²) in [6, 6.07) is -0.164. The van der Waals surface area contributed by atoms with Crippen LogP contribution in [0.5, 0.6) is 0 Å². The van der Waals surface area contributed by atoms with Crippen molar-refractivity contribution in [2.45, 2.75) is 12.5 Å². The van der Waals surface area contributed by atoms with Crippen molar-refractivity contribution in [3.63, 3.8) is 0 Å². The lowest BCUT2D eigenvalue weighted by Crippen LogP contribution is -2.47. The van der Waals surface area contributed by atoms with Gasteiger partial charge in [0.25, 0.3) is 0 Å². The van der Waals surface area contributed by atoms with Gasteiger partial charge in [-0.3, -0.25) is 4.84 Å². The zero-order valence-electron chi connectivity index (χ0n) is 7.66. The standard InChI is InChI=1S/C8H14N2O3/c1-12-9-8(11)10-3-6-2-7(4-10)13-5-6/h6-7H,2-5H2,1H3,(H,9,11). The summed E-state index contributed by atoms with van der Waals surface area (Å²) in [7, 11) is 1.44. The van der Waals surface area contributed by atoms with Crippen molar-refractivity contribution in [3.8, 4) is 0 Å². The number of nitrogens with zero attached hydrogens (tertiary/aromatic N) is 1. The van der Waals surface area contributed by atoms with Crippen LogP contribution < -0.4 is 5.48 Å². The van der Waals surface area contributed by atoms with Gasteiger partial charge in [-0.15, -0.1) is 0 Å². The van der Waals surface area contributed by atoms with Gasteiger partial charge in [0, 0.05) is 19.0 Å². The summed E-state index contributed by atoms with van der Waals surface area (Å²) in [5.74, 6) is 0.515. The summed E-state index contributed by atoms with van der Waals surface area (Å²) in [5, 5.41) is 0. The van der Waals surface area contributed by atoms with E-state index in [9.17, 15) is 4.79 Å². The largest absolute Gasteiger partial charge is 0.376 e. The quantitative estimate of drug-likeness (QED) is 0.585. The third-order valence-electron chi connectivity index (χ3n) is 2.54. The fraction of sp³-hybridized carbons (Fsp3) is 0.875. The molecule has 0 saturated carbocycles. The smallest absolute Gasteiger partial charge is 0.341 e. The second-order valence-electron chi connectivity index (χ2n) is 3.57. The molecule has 2 unspecified atom stereocenters. The molecule has 2 fully saturated rings. The van der Waals surface area contributed by atoms with Crippen LogP contribution in [0.2, 0.25) is 0 Å². The van der Waals surface area contributed by atoms with Crippen molar-refractivity contribution in [1.82, 2.24) is 10.4 Å². The van der Waals surface area contributed by atoms with Crippen LogP contribution in [0.1, 0.15) is 6.42 Å². The first-order valence-electron chi connectivity index (χ1n) is 4.49. The molecule has 0 radical (unpaired) electrons. The van der Waals surface area contributed by atoms with E-state index in [0.717, 1.165) is 19.6 Å². The number of carbonyl (C=O) groups excluding carboxylic acids is 1. The predicted molar refractivity (Wildman–Crippen MR) is 45.0 cm³/mol. The minimum Gasteiger partial charge on any atom is -0.376 e. The van der Waals surface area contributed by atoms with Gasteiger partial charge in [0.15, 0.2) is 0 Å². The molecule has 0 aromatic carbocycles. The highest BCUT2D eigenvalue weighted by Gasteiger charge is 2.35. The Morgan fingerprint density at radius 3 is 3.15 bits per heavy atom. The lowest BCUT2D eigenvalue weighted by atomic mass is 10.0. The van der Waals surface area contributed by atoms with Gasteiger partial charge in [-0.05, 0) is 6.42 Å². The molecule has 2 saturated heterocycles. The maximum atomic E-state index is 11.4. The Kier molecular flexibility index (Phi) is 2.37. The molecule has 13 heavy (non-hydrogen) atoms. The number of nitrogens with one attached hydrogen (secondary N) is 1. The first-order chi connectivity index (χ1) is 6.29. The van der Waals surface area contributed by atoms with Crippen LogP contribution in [-0.4, -0.2) is 43.8 Å². The van der Waals surface area contributed by atoms with Crippen molar-refractivity contribution in [2.75, 3.05) is 26.8 Å². The zero-order valence-corrected chi connectivity index (χ0v) is 7.66. The molecule has 2 aliphatic heterocycles. The van der Waals surface area contributed by atoms with Crippen molar-refractivity contribution in [2.24, 2.45) is 5.92 Å². The number of hydrogen-bond acceptors (Lipinski definition) is 3. The third kappa shape index (κ3) is 1.76. The Labute approximate surface area is 76.9 Å². The number of carbonyl (C=O) groups is 1. The van der Waals surface area contributed by atoms with Gasteiger partial charge in [0.2, 0.25) is 0 Å². The molecule has 2 rings (SSSR count). The molecular weight excluding hydrogens is 172 g/mol. The van der Waals surface area contributed by atoms with Crippen LogP contribution in [0.25, 0.3) is 0 Å². The highest BCUT2D eigenvalue weighted by Crippen LogP contribution is 2.26. The molecule has 0 aliphatic carbocycles. The molecule has 2 amide bonds. The highest BCUT2D eigenvalue weighted by atomic mass is 16.6. The van der Waals surface area contributed by atoms with E-state index in [1.54, 1.807) is 4.90 Å². The number of piperidine rings is 1. The van der Waals surface area contributed by atoms with Crippen molar-refractivity contribution in [1.29, 1.82) is 0 Å². The average Bonchev–Trinajstić information content (AvgIpc) is 2.46. The molecule has 5 heteroatoms. The number of likely N-dealkylation sites (tertiary alicyclic amines) is 1. The van der Waals surface area contributed by atoms with E-state index in [2.05, 4.69) is 10.3 Å². The van der Waals surface area contributed by atoms with Gasteiger partial charge in [0.05, 0.1) is 19.8 Å². The van der Waals surface area contributed by atoms with Crippen molar-refractivity contribution >= 4 is 6.03 Å². The van der Waals surface area contributed by atoms with Gasteiger partial charge in [0.1, 0.15) is 0 Å². The predicted octanol–water partition coefficient (Wildman–Crippen LogP) is -0.0219. The van der Waals surface area contributed by atoms with E-state index in [4.69, 9.17) is 4.74 Å². The molecule has 0 aromatic rings. The molecule has 2 heterocycles. The lowest BCUT2D eigenvalue weighted by Gasteiger charge is -2.29. The fourth-order valence-corrected chi connectivity index (χ4v) is 1.98. The van der Waals surface area contributed by atoms with Crippen molar-refractivity contribution < 1.29 is 14.4 Å².